The highest BCUT2D eigenvalue weighted by molar-refractivity contribution is 5.97. The van der Waals surface area contributed by atoms with Crippen molar-refractivity contribution in [3.63, 3.8) is 0 Å². The number of benzene rings is 2. The first kappa shape index (κ1) is 14.3. The third kappa shape index (κ3) is 3.06. The van der Waals surface area contributed by atoms with Gasteiger partial charge in [0.2, 0.25) is 0 Å². The number of aliphatic hydroxyl groups excluding tert-OH is 1. The van der Waals surface area contributed by atoms with Crippen LogP contribution in [-0.2, 0) is 0 Å². The second-order valence-electron chi connectivity index (χ2n) is 4.90. The molecule has 2 aromatic rings. The summed E-state index contributed by atoms with van der Waals surface area (Å²) in [6.07, 6.45) is 0. The van der Waals surface area contributed by atoms with Crippen LogP contribution in [0.3, 0.4) is 0 Å². The molecule has 2 aromatic carbocycles. The fourth-order valence-corrected chi connectivity index (χ4v) is 2.16. The van der Waals surface area contributed by atoms with Gasteiger partial charge in [-0.1, -0.05) is 42.5 Å². The van der Waals surface area contributed by atoms with Gasteiger partial charge in [0.05, 0.1) is 6.61 Å². The highest BCUT2D eigenvalue weighted by Crippen LogP contribution is 2.25. The topological polar surface area (TPSA) is 49.3 Å². The van der Waals surface area contributed by atoms with Crippen LogP contribution in [0.25, 0.3) is 11.1 Å². The van der Waals surface area contributed by atoms with Gasteiger partial charge in [0.1, 0.15) is 0 Å². The number of hydrogen-bond acceptors (Lipinski definition) is 2. The summed E-state index contributed by atoms with van der Waals surface area (Å²) in [6.45, 7) is 3.65. The Morgan fingerprint density at radius 1 is 1.15 bits per heavy atom. The van der Waals surface area contributed by atoms with E-state index >= 15 is 0 Å². The minimum Gasteiger partial charge on any atom is -0.394 e. The van der Waals surface area contributed by atoms with Gasteiger partial charge in [-0.2, -0.15) is 0 Å². The molecule has 0 unspecified atom stereocenters. The Labute approximate surface area is 119 Å². The quantitative estimate of drug-likeness (QED) is 0.896. The van der Waals surface area contributed by atoms with Gasteiger partial charge in [-0.3, -0.25) is 4.79 Å². The highest BCUT2D eigenvalue weighted by atomic mass is 16.3. The largest absolute Gasteiger partial charge is 0.394 e. The summed E-state index contributed by atoms with van der Waals surface area (Å²) < 4.78 is 0. The van der Waals surface area contributed by atoms with E-state index in [0.717, 1.165) is 16.7 Å². The van der Waals surface area contributed by atoms with Crippen LogP contribution in [-0.4, -0.2) is 23.7 Å². The second kappa shape index (κ2) is 6.35. The number of hydrogen-bond donors (Lipinski definition) is 2. The zero-order valence-electron chi connectivity index (χ0n) is 11.8. The molecular weight excluding hydrogens is 250 g/mol. The Balaban J connectivity index is 2.35. The Morgan fingerprint density at radius 3 is 2.50 bits per heavy atom. The lowest BCUT2D eigenvalue weighted by Crippen LogP contribution is -2.35. The smallest absolute Gasteiger partial charge is 0.251 e. The number of amides is 1. The molecule has 0 aromatic heterocycles. The molecule has 2 rings (SSSR count). The summed E-state index contributed by atoms with van der Waals surface area (Å²) in [7, 11) is 0. The van der Waals surface area contributed by atoms with Gasteiger partial charge in [-0.05, 0) is 36.6 Å². The van der Waals surface area contributed by atoms with Gasteiger partial charge in [-0.25, -0.2) is 0 Å². The Kier molecular flexibility index (Phi) is 4.53. The Morgan fingerprint density at radius 2 is 1.85 bits per heavy atom. The maximum absolute atomic E-state index is 12.2. The van der Waals surface area contributed by atoms with Crippen molar-refractivity contribution in [1.82, 2.24) is 5.32 Å². The van der Waals surface area contributed by atoms with E-state index in [1.807, 2.05) is 49.4 Å². The van der Waals surface area contributed by atoms with Gasteiger partial charge in [0, 0.05) is 11.6 Å². The molecule has 20 heavy (non-hydrogen) atoms. The van der Waals surface area contributed by atoms with E-state index in [-0.39, 0.29) is 18.6 Å². The van der Waals surface area contributed by atoms with Gasteiger partial charge in [0.25, 0.3) is 5.91 Å². The zero-order valence-corrected chi connectivity index (χ0v) is 11.8. The summed E-state index contributed by atoms with van der Waals surface area (Å²) in [6, 6.07) is 15.4. The van der Waals surface area contributed by atoms with Crippen LogP contribution in [0, 0.1) is 6.92 Å². The van der Waals surface area contributed by atoms with Crippen LogP contribution >= 0.6 is 0 Å². The summed E-state index contributed by atoms with van der Waals surface area (Å²) in [5.41, 5.74) is 3.73. The predicted molar refractivity (Wildman–Crippen MR) is 80.6 cm³/mol. The van der Waals surface area contributed by atoms with Crippen molar-refractivity contribution < 1.29 is 9.90 Å². The molecular formula is C17H19NO2. The fraction of sp³-hybridized carbons (Fsp3) is 0.235. The average Bonchev–Trinajstić information content (AvgIpc) is 2.48. The summed E-state index contributed by atoms with van der Waals surface area (Å²) >= 11 is 0. The van der Waals surface area contributed by atoms with Crippen LogP contribution in [0.4, 0.5) is 0 Å². The van der Waals surface area contributed by atoms with Gasteiger partial charge < -0.3 is 10.4 Å². The van der Waals surface area contributed by atoms with Crippen molar-refractivity contribution in [2.24, 2.45) is 0 Å². The first-order valence-corrected chi connectivity index (χ1v) is 6.70. The van der Waals surface area contributed by atoms with Gasteiger partial charge >= 0.3 is 0 Å². The van der Waals surface area contributed by atoms with E-state index in [9.17, 15) is 4.79 Å². The molecule has 3 nitrogen and oxygen atoms in total. The third-order valence-electron chi connectivity index (χ3n) is 3.31. The maximum Gasteiger partial charge on any atom is 0.251 e. The molecule has 0 heterocycles. The molecule has 0 spiro atoms. The van der Waals surface area contributed by atoms with Crippen molar-refractivity contribution in [1.29, 1.82) is 0 Å². The van der Waals surface area contributed by atoms with Crippen LogP contribution in [0.15, 0.2) is 48.5 Å². The molecule has 0 saturated heterocycles. The molecule has 2 N–H and O–H groups in total. The lowest BCUT2D eigenvalue weighted by Gasteiger charge is -2.14. The van der Waals surface area contributed by atoms with E-state index in [0.29, 0.717) is 5.56 Å². The lowest BCUT2D eigenvalue weighted by molar-refractivity contribution is 0.0921. The first-order chi connectivity index (χ1) is 9.63. The normalized spacial score (nSPS) is 11.9. The molecule has 0 aliphatic heterocycles. The van der Waals surface area contributed by atoms with E-state index < -0.39 is 0 Å². The van der Waals surface area contributed by atoms with Crippen molar-refractivity contribution in [3.8, 4) is 11.1 Å². The predicted octanol–water partition coefficient (Wildman–Crippen LogP) is 2.77. The molecule has 0 fully saturated rings. The summed E-state index contributed by atoms with van der Waals surface area (Å²) in [5.74, 6) is -0.151. The number of carbonyl (C=O) groups excluding carboxylic acids is 1. The van der Waals surface area contributed by atoms with Crippen LogP contribution in [0.2, 0.25) is 0 Å². The molecule has 0 aliphatic rings. The van der Waals surface area contributed by atoms with E-state index in [2.05, 4.69) is 5.32 Å². The number of carbonyl (C=O) groups is 1. The molecule has 104 valence electrons. The molecule has 3 heteroatoms. The Bertz CT molecular complexity index is 593. The molecule has 0 radical (unpaired) electrons. The second-order valence-corrected chi connectivity index (χ2v) is 4.90. The zero-order chi connectivity index (χ0) is 14.5. The van der Waals surface area contributed by atoms with Crippen molar-refractivity contribution in [2.45, 2.75) is 19.9 Å². The van der Waals surface area contributed by atoms with E-state index in [4.69, 9.17) is 5.11 Å². The van der Waals surface area contributed by atoms with Gasteiger partial charge in [0.15, 0.2) is 0 Å². The standard InChI is InChI=1S/C17H19NO2/c1-12(11-19)18-17(20)16-10-6-9-15(13(16)2)14-7-4-3-5-8-14/h3-10,12,19H,11H2,1-2H3,(H,18,20)/t12-/m0/s1. The van der Waals surface area contributed by atoms with Crippen LogP contribution in [0.5, 0.6) is 0 Å². The molecule has 0 bridgehead atoms. The summed E-state index contributed by atoms with van der Waals surface area (Å²) in [4.78, 5) is 12.2. The van der Waals surface area contributed by atoms with Crippen molar-refractivity contribution >= 4 is 5.91 Å². The number of rotatable bonds is 4. The van der Waals surface area contributed by atoms with Crippen molar-refractivity contribution in [3.05, 3.63) is 59.7 Å². The average molecular weight is 269 g/mol. The molecule has 1 atom stereocenters. The summed E-state index contributed by atoms with van der Waals surface area (Å²) in [5, 5.41) is 11.8. The highest BCUT2D eigenvalue weighted by Gasteiger charge is 2.14. The minimum absolute atomic E-state index is 0.0663. The molecule has 0 aliphatic carbocycles. The fourth-order valence-electron chi connectivity index (χ4n) is 2.16. The van der Waals surface area contributed by atoms with Crippen molar-refractivity contribution in [2.75, 3.05) is 6.61 Å². The van der Waals surface area contributed by atoms with Gasteiger partial charge in [-0.15, -0.1) is 0 Å². The number of nitrogens with one attached hydrogen (secondary N) is 1. The first-order valence-electron chi connectivity index (χ1n) is 6.70. The lowest BCUT2D eigenvalue weighted by atomic mass is 9.96. The number of aliphatic hydroxyl groups is 1. The SMILES string of the molecule is Cc1c(C(=O)N[C@@H](C)CO)cccc1-c1ccccc1. The maximum atomic E-state index is 12.2. The third-order valence-corrected chi connectivity index (χ3v) is 3.31. The minimum atomic E-state index is -0.248. The van der Waals surface area contributed by atoms with Crippen LogP contribution < -0.4 is 5.32 Å². The molecule has 1 amide bonds. The Hall–Kier alpha value is -2.13. The van der Waals surface area contributed by atoms with E-state index in [1.165, 1.54) is 0 Å². The van der Waals surface area contributed by atoms with Crippen LogP contribution in [0.1, 0.15) is 22.8 Å². The molecule has 0 saturated carbocycles. The van der Waals surface area contributed by atoms with E-state index in [1.54, 1.807) is 13.0 Å². The monoisotopic (exact) mass is 269 g/mol.